The molecular formula is C7H4N4S. The highest BCUT2D eigenvalue weighted by molar-refractivity contribution is 7.78. The smallest absolute Gasteiger partial charge is 0.179 e. The second kappa shape index (κ2) is 2.81. The topological polar surface area (TPSA) is 53.9 Å². The Bertz CT molecular complexity index is 455. The predicted molar refractivity (Wildman–Crippen MR) is 48.6 cm³/mol. The van der Waals surface area contributed by atoms with Gasteiger partial charge in [0.2, 0.25) is 0 Å². The van der Waals surface area contributed by atoms with Gasteiger partial charge in [0.05, 0.1) is 17.0 Å². The zero-order valence-electron chi connectivity index (χ0n) is 5.98. The van der Waals surface area contributed by atoms with E-state index in [1.54, 1.807) is 12.4 Å². The lowest BCUT2D eigenvalue weighted by molar-refractivity contribution is 1.28. The number of pyridine rings is 1. The van der Waals surface area contributed by atoms with E-state index in [1.807, 2.05) is 6.07 Å². The molecule has 0 saturated heterocycles. The number of aromatic nitrogens is 3. The molecule has 0 amide bonds. The maximum Gasteiger partial charge on any atom is 0.179 e. The van der Waals surface area contributed by atoms with Gasteiger partial charge in [0.1, 0.15) is 0 Å². The molecule has 2 rings (SSSR count). The third kappa shape index (κ3) is 1.11. The van der Waals surface area contributed by atoms with Crippen molar-refractivity contribution < 1.29 is 0 Å². The Morgan fingerprint density at radius 2 is 2.42 bits per heavy atom. The molecule has 58 valence electrons. The number of rotatable bonds is 1. The van der Waals surface area contributed by atoms with Crippen molar-refractivity contribution in [3.05, 3.63) is 18.5 Å². The summed E-state index contributed by atoms with van der Waals surface area (Å²) in [5, 5.41) is 2.25. The first-order chi connectivity index (χ1) is 5.90. The lowest BCUT2D eigenvalue weighted by atomic mass is 10.4. The first kappa shape index (κ1) is 7.09. The Morgan fingerprint density at radius 1 is 1.50 bits per heavy atom. The molecule has 0 bridgehead atoms. The molecule has 0 aliphatic rings. The highest BCUT2D eigenvalue weighted by Gasteiger charge is 1.96. The molecule has 0 fully saturated rings. The van der Waals surface area contributed by atoms with E-state index in [0.717, 1.165) is 5.52 Å². The summed E-state index contributed by atoms with van der Waals surface area (Å²) in [6.07, 6.45) is 1.59. The van der Waals surface area contributed by atoms with Crippen LogP contribution in [0.4, 0.5) is 5.82 Å². The number of fused-ring (bicyclic) bond motifs is 1. The van der Waals surface area contributed by atoms with Gasteiger partial charge in [-0.2, -0.15) is 4.99 Å². The predicted octanol–water partition coefficient (Wildman–Crippen LogP) is 1.69. The summed E-state index contributed by atoms with van der Waals surface area (Å²) in [7, 11) is 0. The molecule has 1 N–H and O–H groups in total. The van der Waals surface area contributed by atoms with Gasteiger partial charge in [-0.1, -0.05) is 0 Å². The van der Waals surface area contributed by atoms with E-state index >= 15 is 0 Å². The van der Waals surface area contributed by atoms with Gasteiger partial charge in [-0.05, 0) is 24.4 Å². The minimum atomic E-state index is 0.532. The zero-order chi connectivity index (χ0) is 8.39. The number of isothiocyanates is 1. The Morgan fingerprint density at radius 3 is 3.25 bits per heavy atom. The van der Waals surface area contributed by atoms with E-state index in [4.69, 9.17) is 0 Å². The Labute approximate surface area is 73.4 Å². The van der Waals surface area contributed by atoms with Crippen molar-refractivity contribution in [2.45, 2.75) is 0 Å². The summed E-state index contributed by atoms with van der Waals surface area (Å²) in [5.41, 5.74) is 1.53. The number of thiocarbonyl (C=S) groups is 1. The van der Waals surface area contributed by atoms with Gasteiger partial charge in [-0.15, -0.1) is 0 Å². The van der Waals surface area contributed by atoms with Crippen LogP contribution in [0.25, 0.3) is 11.2 Å². The monoisotopic (exact) mass is 176 g/mol. The number of aliphatic imine (C=N–C) groups is 1. The summed E-state index contributed by atoms with van der Waals surface area (Å²) in [5.74, 6) is 0.532. The highest BCUT2D eigenvalue weighted by atomic mass is 32.1. The highest BCUT2D eigenvalue weighted by Crippen LogP contribution is 2.12. The van der Waals surface area contributed by atoms with Gasteiger partial charge in [0.25, 0.3) is 0 Å². The van der Waals surface area contributed by atoms with Gasteiger partial charge in [-0.3, -0.25) is 0 Å². The Balaban J connectivity index is 2.67. The van der Waals surface area contributed by atoms with Gasteiger partial charge < -0.3 is 4.98 Å². The van der Waals surface area contributed by atoms with Gasteiger partial charge in [0, 0.05) is 0 Å². The van der Waals surface area contributed by atoms with Crippen LogP contribution in [0, 0.1) is 0 Å². The summed E-state index contributed by atoms with van der Waals surface area (Å²) in [6, 6.07) is 3.60. The molecule has 4 nitrogen and oxygen atoms in total. The van der Waals surface area contributed by atoms with E-state index in [2.05, 4.69) is 37.3 Å². The second-order valence-electron chi connectivity index (χ2n) is 2.15. The first-order valence-electron chi connectivity index (χ1n) is 3.28. The van der Waals surface area contributed by atoms with Gasteiger partial charge in [0.15, 0.2) is 11.5 Å². The van der Waals surface area contributed by atoms with E-state index in [9.17, 15) is 0 Å². The van der Waals surface area contributed by atoms with Crippen LogP contribution in [0.3, 0.4) is 0 Å². The summed E-state index contributed by atoms with van der Waals surface area (Å²) < 4.78 is 0. The van der Waals surface area contributed by atoms with Crippen LogP contribution in [0.2, 0.25) is 0 Å². The number of hydrogen-bond donors (Lipinski definition) is 1. The van der Waals surface area contributed by atoms with Gasteiger partial charge >= 0.3 is 0 Å². The van der Waals surface area contributed by atoms with E-state index < -0.39 is 0 Å². The maximum absolute atomic E-state index is 4.45. The van der Waals surface area contributed by atoms with Crippen LogP contribution < -0.4 is 0 Å². The quantitative estimate of drug-likeness (QED) is 0.531. The largest absolute Gasteiger partial charge is 0.343 e. The molecule has 12 heavy (non-hydrogen) atoms. The third-order valence-electron chi connectivity index (χ3n) is 1.43. The van der Waals surface area contributed by atoms with Crippen LogP contribution in [-0.2, 0) is 0 Å². The standard InChI is InChI=1S/C7H4N4S/c12-4-10-6-2-1-5-7(11-6)9-3-8-5/h1-3H,(H,8,9,11). The Hall–Kier alpha value is -1.58. The minimum Gasteiger partial charge on any atom is -0.343 e. The van der Waals surface area contributed by atoms with Crippen LogP contribution in [0.1, 0.15) is 0 Å². The maximum atomic E-state index is 4.45. The average Bonchev–Trinajstić information content (AvgIpc) is 2.51. The summed E-state index contributed by atoms with van der Waals surface area (Å²) >= 11 is 4.45. The van der Waals surface area contributed by atoms with Crippen molar-refractivity contribution in [2.24, 2.45) is 4.99 Å². The van der Waals surface area contributed by atoms with E-state index in [1.165, 1.54) is 0 Å². The molecule has 5 heteroatoms. The Kier molecular flexibility index (Phi) is 1.66. The second-order valence-corrected chi connectivity index (χ2v) is 2.33. The molecule has 2 aromatic rings. The van der Waals surface area contributed by atoms with Crippen molar-refractivity contribution in [1.82, 2.24) is 15.0 Å². The molecule has 0 spiro atoms. The number of nitrogens with zero attached hydrogens (tertiary/aromatic N) is 3. The number of nitrogens with one attached hydrogen (secondary N) is 1. The lowest BCUT2D eigenvalue weighted by Crippen LogP contribution is -1.75. The fourth-order valence-corrected chi connectivity index (χ4v) is 1.01. The molecule has 0 aliphatic heterocycles. The lowest BCUT2D eigenvalue weighted by Gasteiger charge is -1.88. The van der Waals surface area contributed by atoms with Crippen molar-refractivity contribution in [1.29, 1.82) is 0 Å². The van der Waals surface area contributed by atoms with Crippen LogP contribution in [0.15, 0.2) is 23.5 Å². The number of hydrogen-bond acceptors (Lipinski definition) is 4. The molecule has 2 heterocycles. The average molecular weight is 176 g/mol. The molecular weight excluding hydrogens is 172 g/mol. The number of aromatic amines is 1. The molecule has 0 atom stereocenters. The van der Waals surface area contributed by atoms with E-state index in [-0.39, 0.29) is 0 Å². The SMILES string of the molecule is S=C=Nc1ccc2[nH]cnc2n1. The van der Waals surface area contributed by atoms with Crippen LogP contribution in [-0.4, -0.2) is 20.1 Å². The summed E-state index contributed by atoms with van der Waals surface area (Å²) in [4.78, 5) is 14.7. The molecule has 2 aromatic heterocycles. The number of H-pyrrole nitrogens is 1. The van der Waals surface area contributed by atoms with E-state index in [0.29, 0.717) is 11.5 Å². The fourth-order valence-electron chi connectivity index (χ4n) is 0.921. The normalized spacial score (nSPS) is 9.67. The fraction of sp³-hybridized carbons (Fsp3) is 0. The molecule has 0 aliphatic carbocycles. The molecule has 0 unspecified atom stereocenters. The van der Waals surface area contributed by atoms with Crippen molar-refractivity contribution in [3.63, 3.8) is 0 Å². The molecule has 0 radical (unpaired) electrons. The first-order valence-corrected chi connectivity index (χ1v) is 3.69. The third-order valence-corrected chi connectivity index (χ3v) is 1.52. The minimum absolute atomic E-state index is 0.532. The molecule has 0 saturated carbocycles. The van der Waals surface area contributed by atoms with Gasteiger partial charge in [-0.25, -0.2) is 9.97 Å². The van der Waals surface area contributed by atoms with Crippen LogP contribution in [0.5, 0.6) is 0 Å². The molecule has 0 aromatic carbocycles. The van der Waals surface area contributed by atoms with Crippen molar-refractivity contribution in [2.75, 3.05) is 0 Å². The van der Waals surface area contributed by atoms with Crippen LogP contribution >= 0.6 is 12.2 Å². The zero-order valence-corrected chi connectivity index (χ0v) is 6.80. The number of imidazole rings is 1. The van der Waals surface area contributed by atoms with Crippen molar-refractivity contribution >= 4 is 34.4 Å². The summed E-state index contributed by atoms with van der Waals surface area (Å²) in [6.45, 7) is 0. The van der Waals surface area contributed by atoms with Crippen molar-refractivity contribution in [3.8, 4) is 0 Å².